The third-order valence-electron chi connectivity index (χ3n) is 3.45. The molecule has 1 aliphatic rings. The van der Waals surface area contributed by atoms with E-state index in [1.807, 2.05) is 20.8 Å². The van der Waals surface area contributed by atoms with Gasteiger partial charge in [0.2, 0.25) is 0 Å². The Kier molecular flexibility index (Phi) is 4.39. The number of ether oxygens (including phenoxy) is 2. The number of carbonyl (C=O) groups is 1. The van der Waals surface area contributed by atoms with Gasteiger partial charge in [0.15, 0.2) is 11.5 Å². The van der Waals surface area contributed by atoms with Crippen molar-refractivity contribution >= 4 is 5.91 Å². The summed E-state index contributed by atoms with van der Waals surface area (Å²) in [6.45, 7) is 11.5. The van der Waals surface area contributed by atoms with E-state index >= 15 is 0 Å². The lowest BCUT2D eigenvalue weighted by atomic mass is 9.88. The van der Waals surface area contributed by atoms with E-state index in [0.717, 1.165) is 0 Å². The monoisotopic (exact) mass is 296 g/mol. The molecule has 6 nitrogen and oxygen atoms in total. The molecule has 0 radical (unpaired) electrons. The zero-order valence-electron chi connectivity index (χ0n) is 13.4. The molecule has 1 aromatic heterocycles. The smallest absolute Gasteiger partial charge is 0.273 e. The number of rotatable bonds is 4. The van der Waals surface area contributed by atoms with Crippen LogP contribution >= 0.6 is 0 Å². The van der Waals surface area contributed by atoms with E-state index < -0.39 is 0 Å². The summed E-state index contributed by atoms with van der Waals surface area (Å²) in [7, 11) is 0. The van der Waals surface area contributed by atoms with E-state index in [9.17, 15) is 4.79 Å². The molecule has 0 spiro atoms. The van der Waals surface area contributed by atoms with E-state index in [1.54, 1.807) is 6.07 Å². The quantitative estimate of drug-likeness (QED) is 0.921. The predicted octanol–water partition coefficient (Wildman–Crippen LogP) is 2.14. The molecule has 1 atom stereocenters. The maximum atomic E-state index is 12.2. The van der Waals surface area contributed by atoms with Crippen molar-refractivity contribution in [3.63, 3.8) is 0 Å². The molecule has 1 aromatic rings. The lowest BCUT2D eigenvalue weighted by Crippen LogP contribution is -2.44. The number of nitrogens with zero attached hydrogens (tertiary/aromatic N) is 1. The fourth-order valence-electron chi connectivity index (χ4n) is 2.01. The molecule has 0 aliphatic carbocycles. The van der Waals surface area contributed by atoms with Crippen molar-refractivity contribution in [1.29, 1.82) is 0 Å². The van der Waals surface area contributed by atoms with Gasteiger partial charge in [-0.2, -0.15) is 0 Å². The highest BCUT2D eigenvalue weighted by Gasteiger charge is 2.37. The molecule has 1 fully saturated rings. The Morgan fingerprint density at radius 1 is 1.52 bits per heavy atom. The first-order valence-electron chi connectivity index (χ1n) is 7.15. The first-order valence-corrected chi connectivity index (χ1v) is 7.15. The van der Waals surface area contributed by atoms with Crippen LogP contribution in [0.2, 0.25) is 0 Å². The van der Waals surface area contributed by atoms with Crippen LogP contribution in [-0.2, 0) is 16.1 Å². The third kappa shape index (κ3) is 4.28. The molecule has 0 aromatic carbocycles. The van der Waals surface area contributed by atoms with Gasteiger partial charge in [-0.25, -0.2) is 0 Å². The Bertz CT molecular complexity index is 502. The van der Waals surface area contributed by atoms with Gasteiger partial charge in [0.1, 0.15) is 6.61 Å². The van der Waals surface area contributed by atoms with E-state index in [2.05, 4.69) is 24.3 Å². The van der Waals surface area contributed by atoms with Crippen LogP contribution in [-0.4, -0.2) is 35.9 Å². The second kappa shape index (κ2) is 5.77. The Labute approximate surface area is 125 Å². The lowest BCUT2D eigenvalue weighted by Gasteiger charge is -2.24. The number of carbonyl (C=O) groups excluding carboxylic acids is 1. The average molecular weight is 296 g/mol. The molecule has 6 heteroatoms. The largest absolute Gasteiger partial charge is 0.379 e. The minimum atomic E-state index is -0.263. The highest BCUT2D eigenvalue weighted by Crippen LogP contribution is 2.27. The normalized spacial score (nSPS) is 21.5. The van der Waals surface area contributed by atoms with Crippen LogP contribution in [0.5, 0.6) is 0 Å². The van der Waals surface area contributed by atoms with Gasteiger partial charge >= 0.3 is 0 Å². The van der Waals surface area contributed by atoms with Gasteiger partial charge < -0.3 is 19.3 Å². The summed E-state index contributed by atoms with van der Waals surface area (Å²) < 4.78 is 16.1. The summed E-state index contributed by atoms with van der Waals surface area (Å²) in [5.41, 5.74) is -0.0666. The van der Waals surface area contributed by atoms with E-state index in [1.165, 1.54) is 0 Å². The molecule has 1 N–H and O–H groups in total. The molecule has 118 valence electrons. The van der Waals surface area contributed by atoms with Crippen molar-refractivity contribution < 1.29 is 18.8 Å². The minimum Gasteiger partial charge on any atom is -0.379 e. The average Bonchev–Trinajstić information content (AvgIpc) is 2.93. The highest BCUT2D eigenvalue weighted by molar-refractivity contribution is 5.92. The van der Waals surface area contributed by atoms with Crippen molar-refractivity contribution in [3.05, 3.63) is 17.5 Å². The van der Waals surface area contributed by atoms with Crippen molar-refractivity contribution in [2.24, 2.45) is 5.41 Å². The van der Waals surface area contributed by atoms with Gasteiger partial charge in [-0.1, -0.05) is 19.0 Å². The number of hydrogen-bond donors (Lipinski definition) is 1. The van der Waals surface area contributed by atoms with Gasteiger partial charge in [-0.15, -0.1) is 0 Å². The van der Waals surface area contributed by atoms with Crippen LogP contribution in [0.1, 0.15) is 50.9 Å². The standard InChI is InChI=1S/C15H24N2O4/c1-14(2,3)20-7-10-6-11(17-21-10)13(18)16-12-8-19-9-15(12,4)5/h6,12H,7-9H2,1-5H3,(H,16,18). The topological polar surface area (TPSA) is 73.6 Å². The first kappa shape index (κ1) is 16.0. The highest BCUT2D eigenvalue weighted by atomic mass is 16.5. The molecule has 1 aliphatic heterocycles. The van der Waals surface area contributed by atoms with Gasteiger partial charge in [0.05, 0.1) is 24.9 Å². The molecule has 0 bridgehead atoms. The SMILES string of the molecule is CC(C)(C)OCc1cc(C(=O)NC2COCC2(C)C)no1. The van der Waals surface area contributed by atoms with Crippen LogP contribution in [0.4, 0.5) is 0 Å². The van der Waals surface area contributed by atoms with E-state index in [4.69, 9.17) is 14.0 Å². The zero-order chi connectivity index (χ0) is 15.7. The maximum Gasteiger partial charge on any atom is 0.273 e. The summed E-state index contributed by atoms with van der Waals surface area (Å²) in [5.74, 6) is 0.293. The van der Waals surface area contributed by atoms with Crippen LogP contribution in [0.3, 0.4) is 0 Å². The Hall–Kier alpha value is -1.40. The summed E-state index contributed by atoms with van der Waals surface area (Å²) in [4.78, 5) is 12.2. The summed E-state index contributed by atoms with van der Waals surface area (Å²) in [5, 5.41) is 6.74. The fraction of sp³-hybridized carbons (Fsp3) is 0.733. The number of amides is 1. The summed E-state index contributed by atoms with van der Waals surface area (Å²) in [6, 6.07) is 1.60. The molecular formula is C15H24N2O4. The minimum absolute atomic E-state index is 0.0176. The molecule has 1 unspecified atom stereocenters. The van der Waals surface area contributed by atoms with Crippen LogP contribution in [0.25, 0.3) is 0 Å². The Morgan fingerprint density at radius 2 is 2.24 bits per heavy atom. The van der Waals surface area contributed by atoms with Gasteiger partial charge in [0.25, 0.3) is 5.91 Å². The first-order chi connectivity index (χ1) is 9.67. The lowest BCUT2D eigenvalue weighted by molar-refractivity contribution is -0.0241. The molecular weight excluding hydrogens is 272 g/mol. The number of hydrogen-bond acceptors (Lipinski definition) is 5. The molecule has 2 rings (SSSR count). The Morgan fingerprint density at radius 3 is 2.81 bits per heavy atom. The van der Waals surface area contributed by atoms with Gasteiger partial charge in [-0.3, -0.25) is 4.79 Å². The second-order valence-corrected chi connectivity index (χ2v) is 7.11. The van der Waals surface area contributed by atoms with Crippen LogP contribution in [0, 0.1) is 5.41 Å². The molecule has 2 heterocycles. The molecule has 21 heavy (non-hydrogen) atoms. The van der Waals surface area contributed by atoms with Crippen molar-refractivity contribution in [2.45, 2.75) is 52.9 Å². The third-order valence-corrected chi connectivity index (χ3v) is 3.45. The van der Waals surface area contributed by atoms with Crippen LogP contribution in [0.15, 0.2) is 10.6 Å². The predicted molar refractivity (Wildman–Crippen MR) is 76.9 cm³/mol. The van der Waals surface area contributed by atoms with Crippen molar-refractivity contribution in [2.75, 3.05) is 13.2 Å². The fourth-order valence-corrected chi connectivity index (χ4v) is 2.01. The van der Waals surface area contributed by atoms with Crippen molar-refractivity contribution in [1.82, 2.24) is 10.5 Å². The number of aromatic nitrogens is 1. The second-order valence-electron chi connectivity index (χ2n) is 7.11. The van der Waals surface area contributed by atoms with E-state index in [-0.39, 0.29) is 28.7 Å². The molecule has 1 saturated heterocycles. The van der Waals surface area contributed by atoms with Gasteiger partial charge in [0, 0.05) is 11.5 Å². The van der Waals surface area contributed by atoms with Crippen molar-refractivity contribution in [3.8, 4) is 0 Å². The molecule has 0 saturated carbocycles. The maximum absolute atomic E-state index is 12.2. The number of nitrogens with one attached hydrogen (secondary N) is 1. The zero-order valence-corrected chi connectivity index (χ0v) is 13.4. The summed E-state index contributed by atoms with van der Waals surface area (Å²) in [6.07, 6.45) is 0. The Balaban J connectivity index is 1.93. The van der Waals surface area contributed by atoms with E-state index in [0.29, 0.717) is 25.6 Å². The summed E-state index contributed by atoms with van der Waals surface area (Å²) >= 11 is 0. The van der Waals surface area contributed by atoms with Gasteiger partial charge in [-0.05, 0) is 20.8 Å². The molecule has 1 amide bonds. The van der Waals surface area contributed by atoms with Crippen LogP contribution < -0.4 is 5.32 Å².